The summed E-state index contributed by atoms with van der Waals surface area (Å²) in [5.41, 5.74) is -0.455. The van der Waals surface area contributed by atoms with E-state index in [1.54, 1.807) is 0 Å². The molecule has 0 radical (unpaired) electrons. The molecule has 0 saturated heterocycles. The van der Waals surface area contributed by atoms with Gasteiger partial charge in [-0.05, 0) is 30.3 Å². The lowest BCUT2D eigenvalue weighted by atomic mass is 10.1. The van der Waals surface area contributed by atoms with E-state index in [1.165, 1.54) is 24.3 Å². The molecular formula is C16H16ClF2N3O4. The Morgan fingerprint density at radius 3 is 2.62 bits per heavy atom. The van der Waals surface area contributed by atoms with Gasteiger partial charge in [-0.25, -0.2) is 9.48 Å². The number of esters is 1. The standard InChI is InChI=1S/C16H16ClF2N3O4/c1-3-16(18,19)12(23)8-21-14(10-4-6-11(17)7-5-10)20-22(15(21)25)9-13(24)26-2/h3-7,12,23H,1,8-9H2,2H3/t12-/m1/s1. The van der Waals surface area contributed by atoms with Gasteiger partial charge in [0.15, 0.2) is 5.82 Å². The zero-order chi connectivity index (χ0) is 19.5. The SMILES string of the molecule is C=CC(F)(F)[C@H](O)Cn1c(-c2ccc(Cl)cc2)nn(CC(=O)OC)c1=O. The average molecular weight is 388 g/mol. The van der Waals surface area contributed by atoms with Crippen LogP contribution in [0.4, 0.5) is 8.78 Å². The molecular weight excluding hydrogens is 372 g/mol. The minimum absolute atomic E-state index is 0.00511. The van der Waals surface area contributed by atoms with Crippen molar-refractivity contribution in [1.29, 1.82) is 0 Å². The number of aliphatic hydroxyl groups is 1. The molecule has 0 saturated carbocycles. The van der Waals surface area contributed by atoms with E-state index in [-0.39, 0.29) is 5.82 Å². The fraction of sp³-hybridized carbons (Fsp3) is 0.312. The zero-order valence-electron chi connectivity index (χ0n) is 13.7. The molecule has 1 N–H and O–H groups in total. The highest BCUT2D eigenvalue weighted by atomic mass is 35.5. The second-order valence-corrected chi connectivity index (χ2v) is 5.79. The zero-order valence-corrected chi connectivity index (χ0v) is 14.5. The highest BCUT2D eigenvalue weighted by Crippen LogP contribution is 2.23. The third-order valence-corrected chi connectivity index (χ3v) is 3.86. The van der Waals surface area contributed by atoms with Gasteiger partial charge < -0.3 is 9.84 Å². The van der Waals surface area contributed by atoms with Gasteiger partial charge in [-0.3, -0.25) is 9.36 Å². The molecule has 2 rings (SSSR count). The fourth-order valence-corrected chi connectivity index (χ4v) is 2.26. The van der Waals surface area contributed by atoms with Crippen LogP contribution in [0.3, 0.4) is 0 Å². The minimum Gasteiger partial charge on any atom is -0.468 e. The van der Waals surface area contributed by atoms with E-state index in [9.17, 15) is 23.5 Å². The van der Waals surface area contributed by atoms with E-state index in [0.717, 1.165) is 16.4 Å². The molecule has 140 valence electrons. The van der Waals surface area contributed by atoms with Crippen LogP contribution in [0, 0.1) is 0 Å². The second kappa shape index (κ2) is 7.79. The number of aliphatic hydroxyl groups excluding tert-OH is 1. The van der Waals surface area contributed by atoms with Gasteiger partial charge in [0.05, 0.1) is 13.7 Å². The first-order chi connectivity index (χ1) is 12.2. The molecule has 2 aromatic rings. The molecule has 0 bridgehead atoms. The Balaban J connectivity index is 2.52. The molecule has 7 nitrogen and oxygen atoms in total. The Hall–Kier alpha value is -2.52. The lowest BCUT2D eigenvalue weighted by molar-refractivity contribution is -0.141. The van der Waals surface area contributed by atoms with Crippen LogP contribution < -0.4 is 5.69 Å². The molecule has 1 heterocycles. The Morgan fingerprint density at radius 1 is 1.46 bits per heavy atom. The molecule has 0 spiro atoms. The quantitative estimate of drug-likeness (QED) is 0.577. The number of carbonyl (C=O) groups excluding carboxylic acids is 1. The Labute approximate surface area is 152 Å². The monoisotopic (exact) mass is 387 g/mol. The summed E-state index contributed by atoms with van der Waals surface area (Å²) < 4.78 is 33.4. The smallest absolute Gasteiger partial charge is 0.346 e. The maximum Gasteiger partial charge on any atom is 0.346 e. The predicted octanol–water partition coefficient (Wildman–Crippen LogP) is 1.72. The maximum atomic E-state index is 13.6. The highest BCUT2D eigenvalue weighted by molar-refractivity contribution is 6.30. The van der Waals surface area contributed by atoms with E-state index in [2.05, 4.69) is 16.4 Å². The molecule has 0 amide bonds. The molecule has 0 fully saturated rings. The number of hydrogen-bond donors (Lipinski definition) is 1. The molecule has 10 heteroatoms. The van der Waals surface area contributed by atoms with Crippen molar-refractivity contribution in [3.63, 3.8) is 0 Å². The first-order valence-corrected chi connectivity index (χ1v) is 7.77. The third kappa shape index (κ3) is 4.17. The van der Waals surface area contributed by atoms with Crippen LogP contribution in [0.2, 0.25) is 5.02 Å². The summed E-state index contributed by atoms with van der Waals surface area (Å²) in [5, 5.41) is 14.2. The van der Waals surface area contributed by atoms with Gasteiger partial charge in [-0.15, -0.1) is 5.10 Å². The van der Waals surface area contributed by atoms with E-state index >= 15 is 0 Å². The summed E-state index contributed by atoms with van der Waals surface area (Å²) in [4.78, 5) is 23.9. The van der Waals surface area contributed by atoms with Gasteiger partial charge in [-0.2, -0.15) is 8.78 Å². The summed E-state index contributed by atoms with van der Waals surface area (Å²) in [6, 6.07) is 6.11. The van der Waals surface area contributed by atoms with Crippen LogP contribution in [-0.2, 0) is 22.6 Å². The van der Waals surface area contributed by atoms with Crippen molar-refractivity contribution in [2.45, 2.75) is 25.1 Å². The van der Waals surface area contributed by atoms with E-state index in [0.29, 0.717) is 16.7 Å². The summed E-state index contributed by atoms with van der Waals surface area (Å²) in [6.07, 6.45) is -1.91. The molecule has 26 heavy (non-hydrogen) atoms. The van der Waals surface area contributed by atoms with E-state index in [1.807, 2.05) is 0 Å². The molecule has 1 aromatic carbocycles. The highest BCUT2D eigenvalue weighted by Gasteiger charge is 2.36. The number of benzene rings is 1. The van der Waals surface area contributed by atoms with Crippen LogP contribution in [0.15, 0.2) is 41.7 Å². The molecule has 0 unspecified atom stereocenters. The Kier molecular flexibility index (Phi) is 5.94. The molecule has 1 atom stereocenters. The van der Waals surface area contributed by atoms with Gasteiger partial charge >= 0.3 is 11.7 Å². The first-order valence-electron chi connectivity index (χ1n) is 7.39. The lowest BCUT2D eigenvalue weighted by Crippen LogP contribution is -2.38. The largest absolute Gasteiger partial charge is 0.468 e. The van der Waals surface area contributed by atoms with Crippen LogP contribution in [0.5, 0.6) is 0 Å². The van der Waals surface area contributed by atoms with Crippen LogP contribution in [0.1, 0.15) is 0 Å². The fourth-order valence-electron chi connectivity index (χ4n) is 2.14. The van der Waals surface area contributed by atoms with Crippen molar-refractivity contribution in [3.05, 3.63) is 52.4 Å². The van der Waals surface area contributed by atoms with Gasteiger partial charge in [-0.1, -0.05) is 18.2 Å². The number of ether oxygens (including phenoxy) is 1. The number of nitrogens with zero attached hydrogens (tertiary/aromatic N) is 3. The van der Waals surface area contributed by atoms with E-state index in [4.69, 9.17) is 11.6 Å². The van der Waals surface area contributed by atoms with Crippen molar-refractivity contribution in [3.8, 4) is 11.4 Å². The number of carbonyl (C=O) groups is 1. The Bertz CT molecular complexity index is 861. The number of alkyl halides is 2. The van der Waals surface area contributed by atoms with Crippen molar-refractivity contribution in [1.82, 2.24) is 14.3 Å². The van der Waals surface area contributed by atoms with Crippen LogP contribution >= 0.6 is 11.6 Å². The minimum atomic E-state index is -3.61. The van der Waals surface area contributed by atoms with Crippen molar-refractivity contribution >= 4 is 17.6 Å². The summed E-state index contributed by atoms with van der Waals surface area (Å²) in [5.74, 6) is -4.35. The van der Waals surface area contributed by atoms with Crippen LogP contribution in [-0.4, -0.2) is 44.6 Å². The number of rotatable bonds is 7. The molecule has 0 aliphatic carbocycles. The number of aromatic nitrogens is 3. The average Bonchev–Trinajstić information content (AvgIpc) is 2.91. The topological polar surface area (TPSA) is 86.3 Å². The summed E-state index contributed by atoms with van der Waals surface area (Å²) in [7, 11) is 1.14. The second-order valence-electron chi connectivity index (χ2n) is 5.35. The van der Waals surface area contributed by atoms with E-state index < -0.39 is 36.8 Å². The van der Waals surface area contributed by atoms with Crippen LogP contribution in [0.25, 0.3) is 11.4 Å². The number of halogens is 3. The molecule has 0 aliphatic heterocycles. The van der Waals surface area contributed by atoms with Crippen molar-refractivity contribution in [2.24, 2.45) is 0 Å². The van der Waals surface area contributed by atoms with Gasteiger partial charge in [0.1, 0.15) is 12.6 Å². The van der Waals surface area contributed by atoms with Crippen molar-refractivity contribution in [2.75, 3.05) is 7.11 Å². The lowest BCUT2D eigenvalue weighted by Gasteiger charge is -2.19. The normalized spacial score (nSPS) is 12.7. The maximum absolute atomic E-state index is 13.6. The third-order valence-electron chi connectivity index (χ3n) is 3.60. The number of methoxy groups -OCH3 is 1. The summed E-state index contributed by atoms with van der Waals surface area (Å²) >= 11 is 5.82. The Morgan fingerprint density at radius 2 is 2.08 bits per heavy atom. The van der Waals surface area contributed by atoms with Gasteiger partial charge in [0.2, 0.25) is 0 Å². The van der Waals surface area contributed by atoms with Crippen molar-refractivity contribution < 1.29 is 23.4 Å². The number of hydrogen-bond acceptors (Lipinski definition) is 5. The first kappa shape index (κ1) is 19.8. The van der Waals surface area contributed by atoms with Gasteiger partial charge in [0, 0.05) is 10.6 Å². The van der Waals surface area contributed by atoms with Gasteiger partial charge in [0.25, 0.3) is 5.92 Å². The summed E-state index contributed by atoms with van der Waals surface area (Å²) in [6.45, 7) is 1.71. The predicted molar refractivity (Wildman–Crippen MR) is 90.1 cm³/mol. The molecule has 1 aromatic heterocycles. The molecule has 0 aliphatic rings.